The van der Waals surface area contributed by atoms with Crippen molar-refractivity contribution in [3.8, 4) is 23.6 Å². The number of benzene rings is 1. The quantitative estimate of drug-likeness (QED) is 0.363. The number of nitriles is 1. The fourth-order valence-electron chi connectivity index (χ4n) is 3.26. The highest BCUT2D eigenvalue weighted by molar-refractivity contribution is 6.14. The van der Waals surface area contributed by atoms with E-state index in [0.717, 1.165) is 18.4 Å². The summed E-state index contributed by atoms with van der Waals surface area (Å²) in [6, 6.07) is 6.99. The van der Waals surface area contributed by atoms with Crippen LogP contribution in [0.25, 0.3) is 11.7 Å². The minimum Gasteiger partial charge on any atom is -0.493 e. The summed E-state index contributed by atoms with van der Waals surface area (Å²) in [6.45, 7) is 0. The van der Waals surface area contributed by atoms with Gasteiger partial charge < -0.3 is 20.1 Å². The summed E-state index contributed by atoms with van der Waals surface area (Å²) in [6.07, 6.45) is 5.28. The average molecular weight is 446 g/mol. The second-order valence-electron chi connectivity index (χ2n) is 7.47. The Kier molecular flexibility index (Phi) is 4.98. The minimum absolute atomic E-state index is 0.0389. The third-order valence-electron chi connectivity index (χ3n) is 5.02. The van der Waals surface area contributed by atoms with Crippen LogP contribution in [0.3, 0.4) is 0 Å². The lowest BCUT2D eigenvalue weighted by Gasteiger charge is -2.12. The number of rotatable bonds is 7. The van der Waals surface area contributed by atoms with Crippen LogP contribution in [0.1, 0.15) is 24.0 Å². The summed E-state index contributed by atoms with van der Waals surface area (Å²) >= 11 is 0. The third kappa shape index (κ3) is 4.11. The molecule has 0 spiro atoms. The smallest absolute Gasteiger partial charge is 0.327 e. The molecule has 12 heteroatoms. The van der Waals surface area contributed by atoms with Gasteiger partial charge in [-0.25, -0.2) is 4.79 Å². The highest BCUT2D eigenvalue weighted by atomic mass is 16.5. The molecule has 5 rings (SSSR count). The fourth-order valence-corrected chi connectivity index (χ4v) is 3.26. The highest BCUT2D eigenvalue weighted by Gasteiger charge is 2.26. The first-order valence-corrected chi connectivity index (χ1v) is 10.1. The summed E-state index contributed by atoms with van der Waals surface area (Å²) in [5.41, 5.74) is 1.74. The second kappa shape index (κ2) is 8.12. The fraction of sp³-hybridized carbons (Fsp3) is 0.238. The van der Waals surface area contributed by atoms with Gasteiger partial charge in [-0.05, 0) is 36.6 Å². The molecule has 166 valence electrons. The van der Waals surface area contributed by atoms with E-state index in [2.05, 4.69) is 37.1 Å². The van der Waals surface area contributed by atoms with Crippen molar-refractivity contribution in [1.82, 2.24) is 30.2 Å². The topological polar surface area (TPSA) is 156 Å². The molecule has 2 fully saturated rings. The predicted octanol–water partition coefficient (Wildman–Crippen LogP) is 1.75. The van der Waals surface area contributed by atoms with Gasteiger partial charge in [-0.1, -0.05) is 6.07 Å². The Morgan fingerprint density at radius 3 is 2.82 bits per heavy atom. The van der Waals surface area contributed by atoms with Gasteiger partial charge in [0.25, 0.3) is 5.91 Å². The van der Waals surface area contributed by atoms with Gasteiger partial charge in [-0.2, -0.15) is 24.8 Å². The highest BCUT2D eigenvalue weighted by Crippen LogP contribution is 2.33. The van der Waals surface area contributed by atoms with Gasteiger partial charge in [0.05, 0.1) is 25.8 Å². The zero-order chi connectivity index (χ0) is 22.9. The number of imide groups is 1. The van der Waals surface area contributed by atoms with Crippen molar-refractivity contribution >= 4 is 29.6 Å². The first kappa shape index (κ1) is 20.3. The van der Waals surface area contributed by atoms with Gasteiger partial charge >= 0.3 is 12.0 Å². The van der Waals surface area contributed by atoms with E-state index in [0.29, 0.717) is 28.7 Å². The van der Waals surface area contributed by atoms with Crippen molar-refractivity contribution in [1.29, 1.82) is 5.26 Å². The number of nitrogens with zero attached hydrogens (tertiary/aromatic N) is 5. The van der Waals surface area contributed by atoms with Crippen LogP contribution in [-0.2, 0) is 11.2 Å². The molecule has 0 radical (unpaired) electrons. The van der Waals surface area contributed by atoms with Gasteiger partial charge in [-0.15, -0.1) is 0 Å². The van der Waals surface area contributed by atoms with Gasteiger partial charge in [0, 0.05) is 11.6 Å². The van der Waals surface area contributed by atoms with Gasteiger partial charge in [0.1, 0.15) is 5.70 Å². The molecular weight excluding hydrogens is 428 g/mol. The van der Waals surface area contributed by atoms with Crippen LogP contribution in [0.2, 0.25) is 0 Å². The van der Waals surface area contributed by atoms with Crippen molar-refractivity contribution in [2.24, 2.45) is 0 Å². The molecule has 2 aliphatic rings. The number of anilines is 1. The van der Waals surface area contributed by atoms with Crippen LogP contribution in [0.4, 0.5) is 10.7 Å². The summed E-state index contributed by atoms with van der Waals surface area (Å²) in [5.74, 6) is 0.706. The molecule has 3 heterocycles. The van der Waals surface area contributed by atoms with E-state index in [-0.39, 0.29) is 24.2 Å². The zero-order valence-electron chi connectivity index (χ0n) is 17.5. The molecule has 2 aromatic heterocycles. The van der Waals surface area contributed by atoms with Crippen LogP contribution in [0, 0.1) is 11.3 Å². The van der Waals surface area contributed by atoms with Gasteiger partial charge in [-0.3, -0.25) is 10.1 Å². The average Bonchev–Trinajstić information content (AvgIpc) is 3.43. The number of ether oxygens (including phenoxy) is 2. The van der Waals surface area contributed by atoms with Crippen LogP contribution >= 0.6 is 0 Å². The number of hydrogen-bond acceptors (Lipinski definition) is 9. The van der Waals surface area contributed by atoms with E-state index in [1.54, 1.807) is 18.2 Å². The number of carbonyl (C=O) groups is 2. The first-order chi connectivity index (χ1) is 16.0. The summed E-state index contributed by atoms with van der Waals surface area (Å²) in [4.78, 5) is 32.3. The SMILES string of the molecule is COc1cc(CC#N)ccc1Oc1nc(NC2CC2)n2ncc(/C=C3\NC(=O)NC3=O)c2n1. The summed E-state index contributed by atoms with van der Waals surface area (Å²) in [7, 11) is 1.50. The number of hydrogen-bond donors (Lipinski definition) is 3. The molecule has 1 aliphatic carbocycles. The molecule has 3 aromatic rings. The van der Waals surface area contributed by atoms with E-state index in [1.165, 1.54) is 23.9 Å². The van der Waals surface area contributed by atoms with Crippen molar-refractivity contribution in [3.63, 3.8) is 0 Å². The van der Waals surface area contributed by atoms with Crippen LogP contribution in [0.15, 0.2) is 30.1 Å². The van der Waals surface area contributed by atoms with Crippen LogP contribution in [0.5, 0.6) is 17.5 Å². The van der Waals surface area contributed by atoms with Crippen LogP contribution in [-0.4, -0.2) is 44.7 Å². The monoisotopic (exact) mass is 446 g/mol. The number of methoxy groups -OCH3 is 1. The van der Waals surface area contributed by atoms with Gasteiger partial charge in [0.15, 0.2) is 17.1 Å². The number of fused-ring (bicyclic) bond motifs is 1. The van der Waals surface area contributed by atoms with Crippen molar-refractivity contribution in [2.75, 3.05) is 12.4 Å². The number of carbonyl (C=O) groups excluding carboxylic acids is 2. The molecule has 1 aliphatic heterocycles. The minimum atomic E-state index is -0.593. The third-order valence-corrected chi connectivity index (χ3v) is 5.02. The molecule has 0 atom stereocenters. The maximum absolute atomic E-state index is 11.9. The number of aromatic nitrogens is 4. The van der Waals surface area contributed by atoms with Crippen molar-refractivity contribution < 1.29 is 19.1 Å². The Balaban J connectivity index is 1.55. The Labute approximate surface area is 187 Å². The normalized spacial score (nSPS) is 16.4. The Morgan fingerprint density at radius 2 is 2.12 bits per heavy atom. The number of amides is 3. The van der Waals surface area contributed by atoms with E-state index in [9.17, 15) is 9.59 Å². The number of urea groups is 1. The standard InChI is InChI=1S/C21H18N8O4/c1-32-16-8-11(6-7-22)2-5-15(16)33-21-26-17-12(9-14-18(30)27-20(31)25-14)10-23-29(17)19(28-21)24-13-3-4-13/h2,5,8-10,13H,3-4,6H2,1H3,(H,24,26,28)(H2,25,27,30,31)/b14-9-. The lowest BCUT2D eigenvalue weighted by Crippen LogP contribution is -2.22. The molecule has 12 nitrogen and oxygen atoms in total. The Bertz CT molecular complexity index is 1350. The van der Waals surface area contributed by atoms with Crippen molar-refractivity contribution in [2.45, 2.75) is 25.3 Å². The van der Waals surface area contributed by atoms with Gasteiger partial charge in [0.2, 0.25) is 5.95 Å². The molecule has 0 unspecified atom stereocenters. The Morgan fingerprint density at radius 1 is 1.27 bits per heavy atom. The zero-order valence-corrected chi connectivity index (χ0v) is 17.5. The largest absolute Gasteiger partial charge is 0.493 e. The molecule has 1 aromatic carbocycles. The van der Waals surface area contributed by atoms with E-state index in [4.69, 9.17) is 14.7 Å². The lowest BCUT2D eigenvalue weighted by atomic mass is 10.1. The predicted molar refractivity (Wildman–Crippen MR) is 114 cm³/mol. The van der Waals surface area contributed by atoms with Crippen LogP contribution < -0.4 is 25.4 Å². The number of nitrogens with one attached hydrogen (secondary N) is 3. The van der Waals surface area contributed by atoms with E-state index in [1.807, 2.05) is 0 Å². The molecular formula is C21H18N8O4. The summed E-state index contributed by atoms with van der Waals surface area (Å²) in [5, 5.41) is 21.1. The second-order valence-corrected chi connectivity index (χ2v) is 7.47. The molecule has 33 heavy (non-hydrogen) atoms. The first-order valence-electron chi connectivity index (χ1n) is 10.1. The van der Waals surface area contributed by atoms with Crippen molar-refractivity contribution in [3.05, 3.63) is 41.2 Å². The molecule has 1 saturated heterocycles. The lowest BCUT2D eigenvalue weighted by molar-refractivity contribution is -0.115. The maximum Gasteiger partial charge on any atom is 0.327 e. The Hall–Kier alpha value is -4.66. The molecule has 3 N–H and O–H groups in total. The molecule has 1 saturated carbocycles. The molecule has 0 bridgehead atoms. The van der Waals surface area contributed by atoms with E-state index < -0.39 is 11.9 Å². The molecule has 3 amide bonds. The van der Waals surface area contributed by atoms with E-state index >= 15 is 0 Å². The maximum atomic E-state index is 11.9. The summed E-state index contributed by atoms with van der Waals surface area (Å²) < 4.78 is 12.8.